The topological polar surface area (TPSA) is 55.6 Å². The van der Waals surface area contributed by atoms with Crippen LogP contribution in [0.15, 0.2) is 24.3 Å². The van der Waals surface area contributed by atoms with Crippen LogP contribution in [0, 0.1) is 5.82 Å². The fraction of sp³-hybridized carbons (Fsp3) is 0.562. The molecule has 21 heavy (non-hydrogen) atoms. The van der Waals surface area contributed by atoms with Crippen LogP contribution >= 0.6 is 0 Å². The van der Waals surface area contributed by atoms with Crippen LogP contribution < -0.4 is 10.5 Å². The van der Waals surface area contributed by atoms with E-state index in [-0.39, 0.29) is 29.6 Å². The van der Waals surface area contributed by atoms with Crippen molar-refractivity contribution in [1.29, 1.82) is 0 Å². The highest BCUT2D eigenvalue weighted by Gasteiger charge is 2.26. The minimum Gasteiger partial charge on any atom is -0.491 e. The Morgan fingerprint density at radius 2 is 2.24 bits per heavy atom. The molecular formula is C16H23FN2O2. The van der Waals surface area contributed by atoms with Gasteiger partial charge in [-0.15, -0.1) is 0 Å². The van der Waals surface area contributed by atoms with Crippen LogP contribution in [0.25, 0.3) is 0 Å². The van der Waals surface area contributed by atoms with E-state index >= 15 is 0 Å². The van der Waals surface area contributed by atoms with Gasteiger partial charge in [-0.1, -0.05) is 12.1 Å². The van der Waals surface area contributed by atoms with Gasteiger partial charge >= 0.3 is 0 Å². The van der Waals surface area contributed by atoms with E-state index in [1.54, 1.807) is 18.2 Å². The van der Waals surface area contributed by atoms with Crippen molar-refractivity contribution in [2.45, 2.75) is 44.7 Å². The average Bonchev–Trinajstić information content (AvgIpc) is 2.45. The first-order valence-corrected chi connectivity index (χ1v) is 7.50. The van der Waals surface area contributed by atoms with Gasteiger partial charge in [-0.2, -0.15) is 0 Å². The molecule has 1 aromatic carbocycles. The Morgan fingerprint density at radius 1 is 1.48 bits per heavy atom. The molecule has 2 atom stereocenters. The fourth-order valence-electron chi connectivity index (χ4n) is 2.69. The van der Waals surface area contributed by atoms with E-state index in [1.165, 1.54) is 6.07 Å². The molecule has 0 aliphatic carbocycles. The van der Waals surface area contributed by atoms with Crippen LogP contribution in [0.4, 0.5) is 4.39 Å². The van der Waals surface area contributed by atoms with E-state index in [1.807, 2.05) is 11.8 Å². The van der Waals surface area contributed by atoms with Gasteiger partial charge in [-0.3, -0.25) is 4.79 Å². The van der Waals surface area contributed by atoms with Gasteiger partial charge in [0.05, 0.1) is 6.61 Å². The molecule has 1 heterocycles. The number of ether oxygens (including phenoxy) is 1. The number of para-hydroxylation sites is 1. The van der Waals surface area contributed by atoms with Crippen molar-refractivity contribution in [3.63, 3.8) is 0 Å². The number of likely N-dealkylation sites (tertiary alicyclic amines) is 1. The van der Waals surface area contributed by atoms with E-state index in [9.17, 15) is 9.18 Å². The van der Waals surface area contributed by atoms with Gasteiger partial charge in [0.25, 0.3) is 0 Å². The Balaban J connectivity index is 1.71. The number of benzene rings is 1. The molecule has 0 saturated carbocycles. The molecule has 0 aromatic heterocycles. The number of carbonyl (C=O) groups excluding carboxylic acids is 1. The third kappa shape index (κ3) is 4.43. The molecule has 2 N–H and O–H groups in total. The second-order valence-electron chi connectivity index (χ2n) is 5.60. The van der Waals surface area contributed by atoms with Gasteiger partial charge in [0.2, 0.25) is 5.91 Å². The maximum absolute atomic E-state index is 13.3. The maximum atomic E-state index is 13.3. The van der Waals surface area contributed by atoms with Crippen LogP contribution in [0.1, 0.15) is 32.6 Å². The summed E-state index contributed by atoms with van der Waals surface area (Å²) in [5, 5.41) is 0. The van der Waals surface area contributed by atoms with E-state index in [2.05, 4.69) is 0 Å². The predicted molar refractivity (Wildman–Crippen MR) is 79.5 cm³/mol. The summed E-state index contributed by atoms with van der Waals surface area (Å²) in [7, 11) is 0. The summed E-state index contributed by atoms with van der Waals surface area (Å²) in [6, 6.07) is 6.70. The Kier molecular flexibility index (Phi) is 5.56. The van der Waals surface area contributed by atoms with Crippen LogP contribution in [-0.2, 0) is 4.79 Å². The zero-order chi connectivity index (χ0) is 15.2. The highest BCUT2D eigenvalue weighted by atomic mass is 19.1. The van der Waals surface area contributed by atoms with Crippen molar-refractivity contribution < 1.29 is 13.9 Å². The highest BCUT2D eigenvalue weighted by molar-refractivity contribution is 5.76. The first-order valence-electron chi connectivity index (χ1n) is 7.50. The standard InChI is InChI=1S/C16H23FN2O2/c1-12-11-13(18)8-9-19(12)16(20)7-4-10-21-15-6-3-2-5-14(15)17/h2-3,5-6,12-13H,4,7-11,18H2,1H3/t12-,13-/m0/s1. The molecule has 4 nitrogen and oxygen atoms in total. The Labute approximate surface area is 125 Å². The number of carbonyl (C=O) groups is 1. The number of hydrogen-bond donors (Lipinski definition) is 1. The smallest absolute Gasteiger partial charge is 0.222 e. The van der Waals surface area contributed by atoms with Crippen LogP contribution in [0.5, 0.6) is 5.75 Å². The maximum Gasteiger partial charge on any atom is 0.222 e. The van der Waals surface area contributed by atoms with E-state index in [0.29, 0.717) is 19.4 Å². The lowest BCUT2D eigenvalue weighted by molar-refractivity contribution is -0.134. The summed E-state index contributed by atoms with van der Waals surface area (Å²) in [5.74, 6) is -0.00346. The molecular weight excluding hydrogens is 271 g/mol. The van der Waals surface area contributed by atoms with Gasteiger partial charge in [-0.05, 0) is 38.3 Å². The average molecular weight is 294 g/mol. The molecule has 0 bridgehead atoms. The molecule has 1 saturated heterocycles. The SMILES string of the molecule is C[C@H]1C[C@@H](N)CCN1C(=O)CCCOc1ccccc1F. The monoisotopic (exact) mass is 294 g/mol. The Hall–Kier alpha value is -1.62. The lowest BCUT2D eigenvalue weighted by Gasteiger charge is -2.36. The van der Waals surface area contributed by atoms with Gasteiger partial charge in [0.15, 0.2) is 11.6 Å². The van der Waals surface area contributed by atoms with Crippen molar-refractivity contribution in [2.24, 2.45) is 5.73 Å². The van der Waals surface area contributed by atoms with E-state index in [0.717, 1.165) is 19.4 Å². The summed E-state index contributed by atoms with van der Waals surface area (Å²) in [6.45, 7) is 3.11. The third-order valence-corrected chi connectivity index (χ3v) is 3.87. The molecule has 5 heteroatoms. The van der Waals surface area contributed by atoms with Gasteiger partial charge in [-0.25, -0.2) is 4.39 Å². The number of nitrogens with zero attached hydrogens (tertiary/aromatic N) is 1. The molecule has 0 unspecified atom stereocenters. The number of rotatable bonds is 5. The quantitative estimate of drug-likeness (QED) is 0.848. The Bertz CT molecular complexity index is 481. The molecule has 116 valence electrons. The summed E-state index contributed by atoms with van der Waals surface area (Å²) >= 11 is 0. The minimum absolute atomic E-state index is 0.131. The van der Waals surface area contributed by atoms with Gasteiger partial charge in [0.1, 0.15) is 0 Å². The highest BCUT2D eigenvalue weighted by Crippen LogP contribution is 2.18. The van der Waals surface area contributed by atoms with Crippen LogP contribution in [-0.4, -0.2) is 36.0 Å². The van der Waals surface area contributed by atoms with E-state index < -0.39 is 0 Å². The predicted octanol–water partition coefficient (Wildman–Crippen LogP) is 2.32. The number of piperidine rings is 1. The van der Waals surface area contributed by atoms with Crippen LogP contribution in [0.2, 0.25) is 0 Å². The van der Waals surface area contributed by atoms with Crippen molar-refractivity contribution in [3.05, 3.63) is 30.1 Å². The molecule has 1 aromatic rings. The van der Waals surface area contributed by atoms with Gasteiger partial charge in [0, 0.05) is 25.0 Å². The van der Waals surface area contributed by atoms with Gasteiger partial charge < -0.3 is 15.4 Å². The molecule has 1 amide bonds. The molecule has 2 rings (SSSR count). The van der Waals surface area contributed by atoms with Crippen molar-refractivity contribution in [3.8, 4) is 5.75 Å². The van der Waals surface area contributed by atoms with Crippen molar-refractivity contribution in [1.82, 2.24) is 4.90 Å². The number of amides is 1. The zero-order valence-corrected chi connectivity index (χ0v) is 12.4. The largest absolute Gasteiger partial charge is 0.491 e. The molecule has 1 aliphatic rings. The zero-order valence-electron chi connectivity index (χ0n) is 12.4. The summed E-state index contributed by atoms with van der Waals surface area (Å²) in [4.78, 5) is 14.0. The second kappa shape index (κ2) is 7.41. The molecule has 0 spiro atoms. The van der Waals surface area contributed by atoms with Crippen molar-refractivity contribution in [2.75, 3.05) is 13.2 Å². The van der Waals surface area contributed by atoms with E-state index in [4.69, 9.17) is 10.5 Å². The summed E-state index contributed by atoms with van der Waals surface area (Å²) in [5.41, 5.74) is 5.89. The second-order valence-corrected chi connectivity index (χ2v) is 5.60. The lowest BCUT2D eigenvalue weighted by atomic mass is 9.98. The first kappa shape index (κ1) is 15.8. The molecule has 0 radical (unpaired) electrons. The fourth-order valence-corrected chi connectivity index (χ4v) is 2.69. The lowest BCUT2D eigenvalue weighted by Crippen LogP contribution is -2.48. The number of hydrogen-bond acceptors (Lipinski definition) is 3. The molecule has 1 fully saturated rings. The number of nitrogens with two attached hydrogens (primary N) is 1. The summed E-state index contributed by atoms with van der Waals surface area (Å²) < 4.78 is 18.7. The van der Waals surface area contributed by atoms with Crippen molar-refractivity contribution >= 4 is 5.91 Å². The first-order chi connectivity index (χ1) is 10.1. The normalized spacial score (nSPS) is 22.1. The summed E-state index contributed by atoms with van der Waals surface area (Å²) in [6.07, 6.45) is 2.73. The Morgan fingerprint density at radius 3 is 2.95 bits per heavy atom. The third-order valence-electron chi connectivity index (χ3n) is 3.87. The minimum atomic E-state index is -0.373. The number of halogens is 1. The molecule has 1 aliphatic heterocycles. The van der Waals surface area contributed by atoms with Crippen LogP contribution in [0.3, 0.4) is 0 Å².